The molecule has 0 unspecified atom stereocenters. The number of thiazole rings is 1. The Bertz CT molecular complexity index is 770. The fourth-order valence-electron chi connectivity index (χ4n) is 1.32. The van der Waals surface area contributed by atoms with Crippen molar-refractivity contribution in [3.05, 3.63) is 23.8 Å². The van der Waals surface area contributed by atoms with Crippen molar-refractivity contribution in [2.75, 3.05) is 5.73 Å². The fraction of sp³-hybridized carbons (Fsp3) is 0.417. The summed E-state index contributed by atoms with van der Waals surface area (Å²) in [5.41, 5.74) is 3.06. The van der Waals surface area contributed by atoms with Crippen LogP contribution in [0.5, 0.6) is 0 Å². The molecule has 0 saturated carbocycles. The van der Waals surface area contributed by atoms with Gasteiger partial charge in [0, 0.05) is 23.9 Å². The van der Waals surface area contributed by atoms with E-state index in [9.17, 15) is 0 Å². The predicted molar refractivity (Wildman–Crippen MR) is 71.0 cm³/mol. The van der Waals surface area contributed by atoms with E-state index < -0.39 is 31.8 Å². The minimum atomic E-state index is -3.41. The summed E-state index contributed by atoms with van der Waals surface area (Å²) in [6.45, 7) is -8.59. The summed E-state index contributed by atoms with van der Waals surface area (Å²) < 4.78 is 69.4. The molecule has 0 amide bonds. The lowest BCUT2D eigenvalue weighted by atomic mass is 9.95. The predicted octanol–water partition coefficient (Wildman–Crippen LogP) is 2.79. The lowest BCUT2D eigenvalue weighted by Crippen LogP contribution is -2.15. The molecule has 90 valence electrons. The van der Waals surface area contributed by atoms with E-state index in [1.54, 1.807) is 6.92 Å². The first-order valence-corrected chi connectivity index (χ1v) is 5.51. The smallest absolute Gasteiger partial charge is 0.180 e. The van der Waals surface area contributed by atoms with Crippen LogP contribution in [0.3, 0.4) is 0 Å². The Kier molecular flexibility index (Phi) is 1.20. The van der Waals surface area contributed by atoms with Gasteiger partial charge in [0.2, 0.25) is 0 Å². The van der Waals surface area contributed by atoms with Gasteiger partial charge in [-0.25, -0.2) is 15.0 Å². The number of nitrogens with zero attached hydrogens (tertiary/aromatic N) is 3. The fourth-order valence-corrected chi connectivity index (χ4v) is 2.12. The third-order valence-corrected chi connectivity index (χ3v) is 3.05. The standard InChI is InChI=1S/C12H16N4S/c1-7-9(17-11(13)15-7)8-5-6-14-10(16-8)12(2,3)4/h5-6H,1-4H3,(H2,13,15)/i2D3,3D3,4D3. The van der Waals surface area contributed by atoms with Crippen LogP contribution in [0.4, 0.5) is 5.13 Å². The number of aryl methyl sites for hydroxylation is 1. The lowest BCUT2D eigenvalue weighted by molar-refractivity contribution is 0.546. The van der Waals surface area contributed by atoms with Crippen LogP contribution in [0.1, 0.15) is 44.4 Å². The number of nitrogens with two attached hydrogens (primary N) is 1. The SMILES string of the molecule is [2H]C([2H])([2H])C(c1nccc(-c2sc(N)nc2C)n1)(C([2H])([2H])[2H])C([2H])([2H])[2H]. The number of nitrogen functional groups attached to an aromatic ring is 1. The quantitative estimate of drug-likeness (QED) is 0.853. The molecular formula is C12H16N4S. The summed E-state index contributed by atoms with van der Waals surface area (Å²) in [5.74, 6) is -0.790. The minimum Gasteiger partial charge on any atom is -0.375 e. The molecular weight excluding hydrogens is 232 g/mol. The van der Waals surface area contributed by atoms with Crippen molar-refractivity contribution in [1.29, 1.82) is 0 Å². The van der Waals surface area contributed by atoms with Gasteiger partial charge in [-0.1, -0.05) is 31.9 Å². The summed E-state index contributed by atoms with van der Waals surface area (Å²) in [6, 6.07) is 1.41. The molecule has 0 atom stereocenters. The van der Waals surface area contributed by atoms with Crippen molar-refractivity contribution in [1.82, 2.24) is 15.0 Å². The highest BCUT2D eigenvalue weighted by molar-refractivity contribution is 7.18. The molecule has 0 spiro atoms. The molecule has 0 saturated heterocycles. The highest BCUT2D eigenvalue weighted by Gasteiger charge is 2.18. The molecule has 2 N–H and O–H groups in total. The maximum absolute atomic E-state index is 7.71. The zero-order valence-corrected chi connectivity index (χ0v) is 9.80. The van der Waals surface area contributed by atoms with Crippen molar-refractivity contribution < 1.29 is 12.3 Å². The van der Waals surface area contributed by atoms with Crippen molar-refractivity contribution in [3.63, 3.8) is 0 Å². The number of hydrogen-bond acceptors (Lipinski definition) is 5. The van der Waals surface area contributed by atoms with Gasteiger partial charge in [-0.05, 0) is 13.0 Å². The van der Waals surface area contributed by atoms with Gasteiger partial charge in [-0.3, -0.25) is 0 Å². The molecule has 0 radical (unpaired) electrons. The molecule has 0 aliphatic rings. The van der Waals surface area contributed by atoms with Crippen LogP contribution in [-0.2, 0) is 5.41 Å². The van der Waals surface area contributed by atoms with Crippen LogP contribution in [0, 0.1) is 6.92 Å². The third kappa shape index (κ3) is 2.44. The van der Waals surface area contributed by atoms with Gasteiger partial charge in [0.15, 0.2) is 5.13 Å². The summed E-state index contributed by atoms with van der Waals surface area (Å²) in [4.78, 5) is 12.2. The molecule has 2 aromatic rings. The van der Waals surface area contributed by atoms with Crippen molar-refractivity contribution >= 4 is 16.5 Å². The molecule has 2 rings (SSSR count). The lowest BCUT2D eigenvalue weighted by Gasteiger charge is -2.16. The Hall–Kier alpha value is -1.49. The van der Waals surface area contributed by atoms with E-state index in [2.05, 4.69) is 15.0 Å². The average molecular weight is 257 g/mol. The average Bonchev–Trinajstić information content (AvgIpc) is 2.73. The Morgan fingerprint density at radius 1 is 1.35 bits per heavy atom. The second-order valence-corrected chi connectivity index (χ2v) is 4.51. The van der Waals surface area contributed by atoms with Crippen LogP contribution in [0.15, 0.2) is 12.3 Å². The van der Waals surface area contributed by atoms with Gasteiger partial charge >= 0.3 is 0 Å². The summed E-state index contributed by atoms with van der Waals surface area (Å²) >= 11 is 1.06. The summed E-state index contributed by atoms with van der Waals surface area (Å²) in [5, 5.41) is 0.242. The molecule has 4 nitrogen and oxygen atoms in total. The second kappa shape index (κ2) is 4.07. The van der Waals surface area contributed by atoms with E-state index in [1.165, 1.54) is 6.07 Å². The topological polar surface area (TPSA) is 64.7 Å². The van der Waals surface area contributed by atoms with Crippen molar-refractivity contribution in [2.24, 2.45) is 0 Å². The van der Waals surface area contributed by atoms with E-state index in [1.807, 2.05) is 0 Å². The van der Waals surface area contributed by atoms with Gasteiger partial charge in [0.25, 0.3) is 0 Å². The maximum Gasteiger partial charge on any atom is 0.180 e. The van der Waals surface area contributed by atoms with Crippen LogP contribution in [0.2, 0.25) is 0 Å². The van der Waals surface area contributed by atoms with Gasteiger partial charge in [0.1, 0.15) is 5.82 Å². The third-order valence-electron chi connectivity index (χ3n) is 2.04. The zero-order chi connectivity index (χ0) is 20.1. The Labute approximate surface area is 118 Å². The minimum absolute atomic E-state index is 0.156. The first-order valence-electron chi connectivity index (χ1n) is 9.20. The normalized spacial score (nSPS) is 21.8. The number of rotatable bonds is 1. The molecule has 2 aromatic heterocycles. The van der Waals surface area contributed by atoms with Gasteiger partial charge in [0.05, 0.1) is 16.3 Å². The highest BCUT2D eigenvalue weighted by atomic mass is 32.1. The van der Waals surface area contributed by atoms with E-state index in [0.29, 0.717) is 10.6 Å². The maximum atomic E-state index is 7.71. The first-order chi connectivity index (χ1) is 11.6. The van der Waals surface area contributed by atoms with Crippen LogP contribution >= 0.6 is 11.3 Å². The van der Waals surface area contributed by atoms with Gasteiger partial charge in [-0.2, -0.15) is 0 Å². The molecule has 0 bridgehead atoms. The number of hydrogen-bond donors (Lipinski definition) is 1. The molecule has 0 fully saturated rings. The molecule has 2 heterocycles. The number of anilines is 1. The first kappa shape index (κ1) is 5.02. The number of aromatic nitrogens is 3. The molecule has 0 aliphatic heterocycles. The van der Waals surface area contributed by atoms with Crippen LogP contribution in [-0.4, -0.2) is 15.0 Å². The van der Waals surface area contributed by atoms with Gasteiger partial charge in [-0.15, -0.1) is 0 Å². The van der Waals surface area contributed by atoms with Crippen LogP contribution in [0.25, 0.3) is 10.6 Å². The van der Waals surface area contributed by atoms with E-state index in [4.69, 9.17) is 18.1 Å². The van der Waals surface area contributed by atoms with Crippen molar-refractivity contribution in [2.45, 2.75) is 32.9 Å². The highest BCUT2D eigenvalue weighted by Crippen LogP contribution is 2.30. The van der Waals surface area contributed by atoms with E-state index >= 15 is 0 Å². The monoisotopic (exact) mass is 257 g/mol. The second-order valence-electron chi connectivity index (χ2n) is 3.48. The Morgan fingerprint density at radius 3 is 2.71 bits per heavy atom. The molecule has 5 heteroatoms. The Morgan fingerprint density at radius 2 is 2.12 bits per heavy atom. The van der Waals surface area contributed by atoms with E-state index in [0.717, 1.165) is 17.5 Å². The summed E-state index contributed by atoms with van der Waals surface area (Å²) in [7, 11) is 0. The van der Waals surface area contributed by atoms with Crippen LogP contribution < -0.4 is 5.73 Å². The van der Waals surface area contributed by atoms with E-state index in [-0.39, 0.29) is 10.8 Å². The largest absolute Gasteiger partial charge is 0.375 e. The molecule has 0 aliphatic carbocycles. The Balaban J connectivity index is 2.83. The summed E-state index contributed by atoms with van der Waals surface area (Å²) in [6.07, 6.45) is 1.13. The molecule has 0 aromatic carbocycles. The molecule has 17 heavy (non-hydrogen) atoms. The zero-order valence-electron chi connectivity index (χ0n) is 18.0. The van der Waals surface area contributed by atoms with Crippen molar-refractivity contribution in [3.8, 4) is 10.6 Å². The van der Waals surface area contributed by atoms with Gasteiger partial charge < -0.3 is 5.73 Å².